The van der Waals surface area contributed by atoms with Crippen LogP contribution in [0, 0.1) is 6.92 Å². The zero-order chi connectivity index (χ0) is 10.1. The van der Waals surface area contributed by atoms with Crippen molar-refractivity contribution in [2.24, 2.45) is 0 Å². The molecule has 2 aromatic rings. The lowest BCUT2D eigenvalue weighted by Gasteiger charge is -1.98. The number of carbonyl (C=O) groups excluding carboxylic acids is 1. The van der Waals surface area contributed by atoms with Crippen LogP contribution in [0.3, 0.4) is 0 Å². The third kappa shape index (κ3) is 1.22. The lowest BCUT2D eigenvalue weighted by molar-refractivity contribution is 0.0963. The Kier molecular flexibility index (Phi) is 1.92. The summed E-state index contributed by atoms with van der Waals surface area (Å²) in [6, 6.07) is 1.78. The zero-order valence-electron chi connectivity index (χ0n) is 7.96. The average Bonchev–Trinajstić information content (AvgIpc) is 2.59. The van der Waals surface area contributed by atoms with Gasteiger partial charge in [-0.25, -0.2) is 4.98 Å². The molecule has 5 nitrogen and oxygen atoms in total. The molecule has 5 heteroatoms. The number of aromatic amines is 1. The van der Waals surface area contributed by atoms with Crippen LogP contribution in [-0.4, -0.2) is 28.1 Å². The molecule has 2 N–H and O–H groups in total. The average molecular weight is 190 g/mol. The van der Waals surface area contributed by atoms with Crippen molar-refractivity contribution in [3.05, 3.63) is 23.5 Å². The van der Waals surface area contributed by atoms with E-state index in [4.69, 9.17) is 0 Å². The molecule has 0 aliphatic rings. The van der Waals surface area contributed by atoms with Gasteiger partial charge in [0, 0.05) is 24.3 Å². The summed E-state index contributed by atoms with van der Waals surface area (Å²) in [5.41, 5.74) is 2.10. The molecule has 2 aromatic heterocycles. The quantitative estimate of drug-likeness (QED) is 0.692. The first-order valence-corrected chi connectivity index (χ1v) is 4.25. The number of H-pyrrole nitrogens is 1. The molecule has 2 heterocycles. The highest BCUT2D eigenvalue weighted by Gasteiger charge is 2.07. The van der Waals surface area contributed by atoms with Crippen molar-refractivity contribution in [2.75, 3.05) is 7.05 Å². The van der Waals surface area contributed by atoms with E-state index in [-0.39, 0.29) is 5.91 Å². The van der Waals surface area contributed by atoms with E-state index in [0.717, 1.165) is 11.1 Å². The predicted molar refractivity (Wildman–Crippen MR) is 52.0 cm³/mol. The number of fused-ring (bicyclic) bond motifs is 1. The fourth-order valence-electron chi connectivity index (χ4n) is 1.29. The number of pyridine rings is 1. The van der Waals surface area contributed by atoms with E-state index in [1.165, 1.54) is 6.20 Å². The van der Waals surface area contributed by atoms with Gasteiger partial charge >= 0.3 is 0 Å². The van der Waals surface area contributed by atoms with Crippen LogP contribution >= 0.6 is 0 Å². The Morgan fingerprint density at radius 3 is 3.07 bits per heavy atom. The Morgan fingerprint density at radius 1 is 1.57 bits per heavy atom. The SMILES string of the molecule is CNC(=O)c1cnc2n[nH]c(C)c2c1. The molecular formula is C9H10N4O. The molecule has 72 valence electrons. The van der Waals surface area contributed by atoms with Gasteiger partial charge in [0.2, 0.25) is 0 Å². The van der Waals surface area contributed by atoms with Crippen molar-refractivity contribution >= 4 is 16.9 Å². The summed E-state index contributed by atoms with van der Waals surface area (Å²) in [7, 11) is 1.59. The van der Waals surface area contributed by atoms with Gasteiger partial charge < -0.3 is 5.32 Å². The second-order valence-electron chi connectivity index (χ2n) is 3.02. The molecular weight excluding hydrogens is 180 g/mol. The molecule has 0 bridgehead atoms. The fraction of sp³-hybridized carbons (Fsp3) is 0.222. The molecule has 14 heavy (non-hydrogen) atoms. The summed E-state index contributed by atoms with van der Waals surface area (Å²) < 4.78 is 0. The number of aryl methyl sites for hydroxylation is 1. The summed E-state index contributed by atoms with van der Waals surface area (Å²) in [5, 5.41) is 10.2. The lowest BCUT2D eigenvalue weighted by Crippen LogP contribution is -2.17. The van der Waals surface area contributed by atoms with E-state index >= 15 is 0 Å². The van der Waals surface area contributed by atoms with Gasteiger partial charge in [0.1, 0.15) is 0 Å². The van der Waals surface area contributed by atoms with Gasteiger partial charge in [0.25, 0.3) is 5.91 Å². The Hall–Kier alpha value is -1.91. The number of carbonyl (C=O) groups is 1. The molecule has 0 spiro atoms. The Balaban J connectivity index is 2.60. The third-order valence-corrected chi connectivity index (χ3v) is 2.09. The maximum Gasteiger partial charge on any atom is 0.252 e. The maximum absolute atomic E-state index is 11.3. The van der Waals surface area contributed by atoms with E-state index in [1.54, 1.807) is 13.1 Å². The molecule has 0 saturated heterocycles. The van der Waals surface area contributed by atoms with E-state index in [9.17, 15) is 4.79 Å². The minimum absolute atomic E-state index is 0.139. The zero-order valence-corrected chi connectivity index (χ0v) is 7.96. The van der Waals surface area contributed by atoms with Gasteiger partial charge in [-0.3, -0.25) is 9.89 Å². The Bertz CT molecular complexity index is 489. The summed E-state index contributed by atoms with van der Waals surface area (Å²) >= 11 is 0. The largest absolute Gasteiger partial charge is 0.355 e. The van der Waals surface area contributed by atoms with Crippen LogP contribution < -0.4 is 5.32 Å². The molecule has 0 unspecified atom stereocenters. The Labute approximate surface area is 80.5 Å². The monoisotopic (exact) mass is 190 g/mol. The first kappa shape index (κ1) is 8.68. The highest BCUT2D eigenvalue weighted by Crippen LogP contribution is 2.13. The van der Waals surface area contributed by atoms with Crippen LogP contribution in [0.25, 0.3) is 11.0 Å². The number of rotatable bonds is 1. The van der Waals surface area contributed by atoms with Gasteiger partial charge in [-0.2, -0.15) is 5.10 Å². The van der Waals surface area contributed by atoms with E-state index in [0.29, 0.717) is 11.2 Å². The third-order valence-electron chi connectivity index (χ3n) is 2.09. The number of hydrogen-bond donors (Lipinski definition) is 2. The first-order chi connectivity index (χ1) is 6.72. The molecule has 0 aliphatic heterocycles. The molecule has 0 saturated carbocycles. The summed E-state index contributed by atoms with van der Waals surface area (Å²) in [5.74, 6) is -0.139. The van der Waals surface area contributed by atoms with Crippen molar-refractivity contribution in [3.63, 3.8) is 0 Å². The van der Waals surface area contributed by atoms with E-state index in [1.807, 2.05) is 6.92 Å². The van der Waals surface area contributed by atoms with E-state index in [2.05, 4.69) is 20.5 Å². The Morgan fingerprint density at radius 2 is 2.36 bits per heavy atom. The van der Waals surface area contributed by atoms with Crippen LogP contribution in [0.5, 0.6) is 0 Å². The van der Waals surface area contributed by atoms with Crippen LogP contribution in [0.15, 0.2) is 12.3 Å². The smallest absolute Gasteiger partial charge is 0.252 e. The predicted octanol–water partition coefficient (Wildman–Crippen LogP) is 0.626. The summed E-state index contributed by atoms with van der Waals surface area (Å²) in [4.78, 5) is 15.4. The van der Waals surface area contributed by atoms with Crippen molar-refractivity contribution in [1.29, 1.82) is 0 Å². The van der Waals surface area contributed by atoms with Crippen molar-refractivity contribution < 1.29 is 4.79 Å². The topological polar surface area (TPSA) is 70.7 Å². The van der Waals surface area contributed by atoms with Gasteiger partial charge in [-0.15, -0.1) is 0 Å². The van der Waals surface area contributed by atoms with Gasteiger partial charge in [-0.05, 0) is 13.0 Å². The highest BCUT2D eigenvalue weighted by atomic mass is 16.1. The fourth-order valence-corrected chi connectivity index (χ4v) is 1.29. The lowest BCUT2D eigenvalue weighted by atomic mass is 10.2. The van der Waals surface area contributed by atoms with Crippen LogP contribution in [0.4, 0.5) is 0 Å². The van der Waals surface area contributed by atoms with Crippen LogP contribution in [-0.2, 0) is 0 Å². The maximum atomic E-state index is 11.3. The molecule has 1 amide bonds. The normalized spacial score (nSPS) is 10.4. The van der Waals surface area contributed by atoms with Crippen LogP contribution in [0.2, 0.25) is 0 Å². The molecule has 0 radical (unpaired) electrons. The number of nitrogens with one attached hydrogen (secondary N) is 2. The minimum atomic E-state index is -0.139. The summed E-state index contributed by atoms with van der Waals surface area (Å²) in [6.45, 7) is 1.89. The van der Waals surface area contributed by atoms with Gasteiger partial charge in [0.15, 0.2) is 5.65 Å². The molecule has 0 fully saturated rings. The second-order valence-corrected chi connectivity index (χ2v) is 3.02. The molecule has 0 atom stereocenters. The first-order valence-electron chi connectivity index (χ1n) is 4.25. The number of hydrogen-bond acceptors (Lipinski definition) is 3. The molecule has 2 rings (SSSR count). The van der Waals surface area contributed by atoms with Gasteiger partial charge in [-0.1, -0.05) is 0 Å². The second kappa shape index (κ2) is 3.10. The van der Waals surface area contributed by atoms with Crippen molar-refractivity contribution in [1.82, 2.24) is 20.5 Å². The number of amides is 1. The van der Waals surface area contributed by atoms with E-state index < -0.39 is 0 Å². The highest BCUT2D eigenvalue weighted by molar-refractivity contribution is 5.96. The summed E-state index contributed by atoms with van der Waals surface area (Å²) in [6.07, 6.45) is 1.52. The molecule has 0 aliphatic carbocycles. The van der Waals surface area contributed by atoms with Gasteiger partial charge in [0.05, 0.1) is 5.56 Å². The van der Waals surface area contributed by atoms with Crippen LogP contribution in [0.1, 0.15) is 16.1 Å². The number of nitrogens with zero attached hydrogens (tertiary/aromatic N) is 2. The number of aromatic nitrogens is 3. The minimum Gasteiger partial charge on any atom is -0.355 e. The van der Waals surface area contributed by atoms with Crippen molar-refractivity contribution in [2.45, 2.75) is 6.92 Å². The standard InChI is InChI=1S/C9H10N4O/c1-5-7-3-6(9(14)10-2)4-11-8(7)13-12-5/h3-4H,1-2H3,(H,10,14)(H,11,12,13). The van der Waals surface area contributed by atoms with Crippen molar-refractivity contribution in [3.8, 4) is 0 Å². The molecule has 0 aromatic carbocycles.